The lowest BCUT2D eigenvalue weighted by atomic mass is 9.67. The summed E-state index contributed by atoms with van der Waals surface area (Å²) in [6.07, 6.45) is 0. The van der Waals surface area contributed by atoms with E-state index in [-0.39, 0.29) is 5.41 Å². The Hall–Kier alpha value is -15.0. The topological polar surface area (TPSA) is 13.0 Å². The van der Waals surface area contributed by atoms with E-state index in [2.05, 4.69) is 605 Å². The van der Waals surface area contributed by atoms with Crippen LogP contribution in [0.5, 0.6) is 0 Å². The molecule has 0 saturated heterocycles. The molecule has 0 aliphatic heterocycles. The van der Waals surface area contributed by atoms with Crippen LogP contribution < -0.4 is 19.6 Å². The summed E-state index contributed by atoms with van der Waals surface area (Å²) in [7, 11) is 0. The van der Waals surface area contributed by atoms with E-state index in [4.69, 9.17) is 0 Å². The minimum atomic E-state index is -0.424. The molecule has 0 saturated carbocycles. The van der Waals surface area contributed by atoms with E-state index in [1.165, 1.54) is 138 Å². The highest BCUT2D eigenvalue weighted by Crippen LogP contribution is 2.64. The molecule has 638 valence electrons. The summed E-state index contributed by atoms with van der Waals surface area (Å²) >= 11 is 14.4. The van der Waals surface area contributed by atoms with E-state index >= 15 is 0 Å². The molecule has 0 fully saturated rings. The lowest BCUT2D eigenvalue weighted by molar-refractivity contribution is 0.768. The van der Waals surface area contributed by atoms with Crippen molar-refractivity contribution in [3.8, 4) is 33.4 Å². The second-order valence-corrected chi connectivity index (χ2v) is 37.5. The van der Waals surface area contributed by atoms with Crippen LogP contribution in [0.15, 0.2) is 540 Å². The van der Waals surface area contributed by atoms with Crippen molar-refractivity contribution in [2.75, 3.05) is 19.6 Å². The van der Waals surface area contributed by atoms with Gasteiger partial charge in [-0.15, -0.1) is 0 Å². The number of nitrogens with zero attached hydrogens (tertiary/aromatic N) is 4. The van der Waals surface area contributed by atoms with Gasteiger partial charge in [0.25, 0.3) is 0 Å². The van der Waals surface area contributed by atoms with Crippen LogP contribution in [0.25, 0.3) is 76.5 Å². The van der Waals surface area contributed by atoms with Gasteiger partial charge in [-0.1, -0.05) is 410 Å². The van der Waals surface area contributed by atoms with Gasteiger partial charge < -0.3 is 19.6 Å². The molecule has 0 atom stereocenters. The summed E-state index contributed by atoms with van der Waals surface area (Å²) in [5, 5.41) is 9.91. The third-order valence-electron chi connectivity index (χ3n) is 26.3. The zero-order chi connectivity index (χ0) is 90.1. The fourth-order valence-electron chi connectivity index (χ4n) is 20.6. The van der Waals surface area contributed by atoms with Gasteiger partial charge in [0.2, 0.25) is 0 Å². The number of anilines is 12. The maximum absolute atomic E-state index is 3.62. The van der Waals surface area contributed by atoms with Crippen molar-refractivity contribution in [3.63, 3.8) is 0 Å². The number of rotatable bonds is 14. The van der Waals surface area contributed by atoms with Gasteiger partial charge in [-0.2, -0.15) is 0 Å². The van der Waals surface area contributed by atoms with Crippen molar-refractivity contribution >= 4 is 175 Å². The molecule has 0 aromatic heterocycles. The van der Waals surface area contributed by atoms with Gasteiger partial charge in [0.15, 0.2) is 0 Å². The molecule has 22 aromatic carbocycles. The average Bonchev–Trinajstić information content (AvgIpc) is 1.50. The minimum Gasteiger partial charge on any atom is -0.310 e. The standard InChI is InChI=1S/C37H24BrN.C37H26BrN.2C26H18BrN/c38-25-18-20-27(21-19-25)39(26-10-2-1-3-11-26)28-22-23-32-31-14-6-9-17-35(31)37(36(32)24-28)33-15-7-4-12-29(33)30-13-5-8-16-34(30)37;38-29-20-22-31(23-21-29)39(30-16-8-3-9-17-30)32-24-25-34-33-18-10-11-19-35(33)37(36(34)26-32,27-12-4-1-5-13-27)28-14-6-2-7-15-28;27-21-15-17-22(18-16-21)28(25-13-5-9-19-7-1-3-11-23(19)25)26-14-6-10-20-8-2-4-12-24(20)26;27-22-13-16-23(17-14-22)28(24-15-12-19-6-1-2-8-21(19)18-24)26-11-5-9-20-7-3-4-10-25(20)26/h1-24H;1-26H;2*1-18H. The zero-order valence-corrected chi connectivity index (χ0v) is 79.3. The van der Waals surface area contributed by atoms with E-state index in [0.29, 0.717) is 0 Å². The average molecular weight is 1980 g/mol. The monoisotopic (exact) mass is 1970 g/mol. The fourth-order valence-corrected chi connectivity index (χ4v) is 21.6. The molecular weight excluding hydrogens is 1890 g/mol. The van der Waals surface area contributed by atoms with Gasteiger partial charge in [-0.25, -0.2) is 0 Å². The Kier molecular flexibility index (Phi) is 23.3. The zero-order valence-electron chi connectivity index (χ0n) is 73.0. The van der Waals surface area contributed by atoms with E-state index < -0.39 is 5.41 Å². The number of halogens is 4. The Morgan fingerprint density at radius 2 is 0.388 bits per heavy atom. The van der Waals surface area contributed by atoms with E-state index in [9.17, 15) is 0 Å². The Bertz CT molecular complexity index is 7660. The molecule has 3 aliphatic rings. The lowest BCUT2D eigenvalue weighted by Gasteiger charge is -2.35. The molecule has 0 bridgehead atoms. The van der Waals surface area contributed by atoms with Gasteiger partial charge in [-0.3, -0.25) is 0 Å². The summed E-state index contributed by atoms with van der Waals surface area (Å²) in [6, 6.07) is 187. The maximum atomic E-state index is 3.62. The summed E-state index contributed by atoms with van der Waals surface area (Å²) in [4.78, 5) is 9.39. The smallest absolute Gasteiger partial charge is 0.0726 e. The highest BCUT2D eigenvalue weighted by Gasteiger charge is 2.52. The van der Waals surface area contributed by atoms with Crippen molar-refractivity contribution in [2.24, 2.45) is 0 Å². The second-order valence-electron chi connectivity index (χ2n) is 33.8. The van der Waals surface area contributed by atoms with Crippen molar-refractivity contribution in [1.29, 1.82) is 0 Å². The Morgan fingerprint density at radius 1 is 0.142 bits per heavy atom. The molecule has 3 aliphatic carbocycles. The Balaban J connectivity index is 0.000000105. The summed E-state index contributed by atoms with van der Waals surface area (Å²) < 4.78 is 4.29. The van der Waals surface area contributed by atoms with Gasteiger partial charge in [0, 0.05) is 85.2 Å². The van der Waals surface area contributed by atoms with Crippen LogP contribution in [0, 0.1) is 0 Å². The third-order valence-corrected chi connectivity index (χ3v) is 28.4. The maximum Gasteiger partial charge on any atom is 0.0726 e. The fraction of sp³-hybridized carbons (Fsp3) is 0.0159. The summed E-state index contributed by atoms with van der Waals surface area (Å²) in [5.41, 5.74) is 31.4. The number of para-hydroxylation sites is 2. The van der Waals surface area contributed by atoms with Crippen LogP contribution in [0.1, 0.15) is 44.5 Å². The Labute approximate surface area is 815 Å². The van der Waals surface area contributed by atoms with Crippen LogP contribution in [0.3, 0.4) is 0 Å². The molecule has 0 N–H and O–H groups in total. The van der Waals surface area contributed by atoms with Gasteiger partial charge in [0.1, 0.15) is 0 Å². The molecule has 0 heterocycles. The number of fused-ring (bicyclic) bond motifs is 17. The second kappa shape index (κ2) is 37.0. The molecule has 0 amide bonds. The predicted molar refractivity (Wildman–Crippen MR) is 579 cm³/mol. The summed E-state index contributed by atoms with van der Waals surface area (Å²) in [5.74, 6) is 0. The van der Waals surface area contributed by atoms with Crippen LogP contribution in [0.4, 0.5) is 68.2 Å². The highest BCUT2D eigenvalue weighted by molar-refractivity contribution is 9.11. The molecule has 0 radical (unpaired) electrons. The SMILES string of the molecule is Brc1ccc(N(c2ccc3ccccc3c2)c2cccc3ccccc23)cc1.Brc1ccc(N(c2cccc3ccccc23)c2cccc3ccccc23)cc1.Brc1ccc(N(c2ccccc2)c2ccc3c(c2)C(c2ccccc2)(c2ccccc2)c2ccccc2-3)cc1.Brc1ccc(N(c2ccccc2)c2ccc3c(c2)C2(c4ccccc4-c4ccccc42)c2ccccc2-3)cc1. The van der Waals surface area contributed by atoms with Crippen molar-refractivity contribution < 1.29 is 0 Å². The van der Waals surface area contributed by atoms with Gasteiger partial charge in [0.05, 0.1) is 27.9 Å². The molecule has 0 unspecified atom stereocenters. The van der Waals surface area contributed by atoms with Crippen molar-refractivity contribution in [3.05, 3.63) is 584 Å². The normalized spacial score (nSPS) is 12.3. The van der Waals surface area contributed by atoms with Gasteiger partial charge >= 0.3 is 0 Å². The summed E-state index contributed by atoms with van der Waals surface area (Å²) in [6.45, 7) is 0. The van der Waals surface area contributed by atoms with E-state index in [1.807, 2.05) is 0 Å². The van der Waals surface area contributed by atoms with E-state index in [1.54, 1.807) is 0 Å². The first-order valence-electron chi connectivity index (χ1n) is 45.2. The Morgan fingerprint density at radius 3 is 0.769 bits per heavy atom. The van der Waals surface area contributed by atoms with Crippen molar-refractivity contribution in [1.82, 2.24) is 0 Å². The lowest BCUT2D eigenvalue weighted by Crippen LogP contribution is -2.28. The quantitative estimate of drug-likeness (QED) is 0.108. The third kappa shape index (κ3) is 15.6. The molecular formula is C126H86Br4N4. The predicted octanol–water partition coefficient (Wildman–Crippen LogP) is 37.0. The number of hydrogen-bond donors (Lipinski definition) is 0. The molecule has 8 heteroatoms. The molecule has 25 rings (SSSR count). The highest BCUT2D eigenvalue weighted by atomic mass is 79.9. The minimum absolute atomic E-state index is 0.350. The first-order chi connectivity index (χ1) is 66.1. The number of hydrogen-bond acceptors (Lipinski definition) is 4. The number of benzene rings is 22. The molecule has 4 nitrogen and oxygen atoms in total. The molecule has 22 aromatic rings. The van der Waals surface area contributed by atoms with Crippen LogP contribution in [-0.2, 0) is 10.8 Å². The van der Waals surface area contributed by atoms with Crippen LogP contribution in [-0.4, -0.2) is 0 Å². The van der Waals surface area contributed by atoms with Gasteiger partial charge in [-0.05, 0) is 281 Å². The van der Waals surface area contributed by atoms with E-state index in [0.717, 1.165) is 69.1 Å². The van der Waals surface area contributed by atoms with Crippen LogP contribution >= 0.6 is 63.7 Å². The largest absolute Gasteiger partial charge is 0.310 e. The van der Waals surface area contributed by atoms with Crippen LogP contribution in [0.2, 0.25) is 0 Å². The molecule has 1 spiro atoms. The first kappa shape index (κ1) is 84.5. The van der Waals surface area contributed by atoms with Crippen molar-refractivity contribution in [2.45, 2.75) is 10.8 Å². The molecule has 134 heavy (non-hydrogen) atoms. The first-order valence-corrected chi connectivity index (χ1v) is 48.4.